The third-order valence-corrected chi connectivity index (χ3v) is 8.18. The lowest BCUT2D eigenvalue weighted by molar-refractivity contribution is 0.0600. The van der Waals surface area contributed by atoms with Crippen molar-refractivity contribution in [2.75, 3.05) is 12.0 Å². The number of hydrogen-bond donors (Lipinski definition) is 1. The Kier molecular flexibility index (Phi) is 7.69. The number of rotatable bonds is 7. The highest BCUT2D eigenvalue weighted by atomic mass is 32.1. The van der Waals surface area contributed by atoms with Gasteiger partial charge in [0.25, 0.3) is 0 Å². The summed E-state index contributed by atoms with van der Waals surface area (Å²) >= 11 is 5.96. The molecule has 1 saturated heterocycles. The van der Waals surface area contributed by atoms with E-state index in [-0.39, 0.29) is 18.1 Å². The molecular weight excluding hydrogens is 556 g/mol. The van der Waals surface area contributed by atoms with E-state index in [0.717, 1.165) is 51.1 Å². The van der Waals surface area contributed by atoms with E-state index in [2.05, 4.69) is 34.7 Å². The van der Waals surface area contributed by atoms with E-state index in [9.17, 15) is 4.79 Å². The number of aromatic nitrogens is 2. The molecule has 216 valence electrons. The highest BCUT2D eigenvalue weighted by Crippen LogP contribution is 2.44. The van der Waals surface area contributed by atoms with Crippen LogP contribution in [0.1, 0.15) is 50.7 Å². The SMILES string of the molecule is COC(=O)c1ccc(-n2c(C)cc([C@@H]3[C@H](c4ccccn4)NC(=S)N3c3ccc(Oc4ccccc4C)cc3)c2C)cc1. The molecule has 3 aromatic carbocycles. The minimum atomic E-state index is -0.358. The zero-order chi connectivity index (χ0) is 30.1. The highest BCUT2D eigenvalue weighted by molar-refractivity contribution is 7.80. The van der Waals surface area contributed by atoms with Crippen LogP contribution in [0.3, 0.4) is 0 Å². The Hall–Kier alpha value is -4.95. The topological polar surface area (TPSA) is 68.6 Å². The smallest absolute Gasteiger partial charge is 0.337 e. The third kappa shape index (κ3) is 5.37. The van der Waals surface area contributed by atoms with Crippen LogP contribution in [-0.2, 0) is 4.74 Å². The second-order valence-electron chi connectivity index (χ2n) is 10.6. The van der Waals surface area contributed by atoms with Crippen molar-refractivity contribution >= 4 is 29.0 Å². The fourth-order valence-corrected chi connectivity index (χ4v) is 6.12. The number of para-hydroxylation sites is 1. The van der Waals surface area contributed by atoms with Crippen molar-refractivity contribution in [3.05, 3.63) is 137 Å². The molecule has 1 N–H and O–H groups in total. The second kappa shape index (κ2) is 11.7. The van der Waals surface area contributed by atoms with Crippen LogP contribution in [0.25, 0.3) is 5.69 Å². The van der Waals surface area contributed by atoms with Gasteiger partial charge in [-0.15, -0.1) is 0 Å². The Labute approximate surface area is 256 Å². The van der Waals surface area contributed by atoms with Gasteiger partial charge in [-0.1, -0.05) is 24.3 Å². The highest BCUT2D eigenvalue weighted by Gasteiger charge is 2.42. The number of hydrogen-bond acceptors (Lipinski definition) is 5. The molecule has 1 aliphatic heterocycles. The Morgan fingerprint density at radius 2 is 1.58 bits per heavy atom. The van der Waals surface area contributed by atoms with Crippen LogP contribution in [0, 0.1) is 20.8 Å². The van der Waals surface area contributed by atoms with Gasteiger partial charge in [0.05, 0.1) is 30.5 Å². The van der Waals surface area contributed by atoms with Crippen LogP contribution in [0.5, 0.6) is 11.5 Å². The van der Waals surface area contributed by atoms with Gasteiger partial charge in [-0.25, -0.2) is 4.79 Å². The number of anilines is 1. The number of esters is 1. The number of ether oxygens (including phenoxy) is 2. The predicted molar refractivity (Wildman–Crippen MR) is 172 cm³/mol. The number of benzene rings is 3. The molecule has 43 heavy (non-hydrogen) atoms. The summed E-state index contributed by atoms with van der Waals surface area (Å²) in [6.07, 6.45) is 1.81. The molecule has 1 fully saturated rings. The Balaban J connectivity index is 1.39. The van der Waals surface area contributed by atoms with E-state index in [4.69, 9.17) is 26.7 Å². The summed E-state index contributed by atoms with van der Waals surface area (Å²) in [7, 11) is 1.39. The lowest BCUT2D eigenvalue weighted by Gasteiger charge is -2.28. The molecule has 2 aromatic heterocycles. The van der Waals surface area contributed by atoms with Crippen LogP contribution in [-0.4, -0.2) is 27.7 Å². The van der Waals surface area contributed by atoms with Crippen molar-refractivity contribution < 1.29 is 14.3 Å². The summed E-state index contributed by atoms with van der Waals surface area (Å²) in [4.78, 5) is 18.9. The molecule has 0 radical (unpaired) electrons. The molecule has 0 bridgehead atoms. The second-order valence-corrected chi connectivity index (χ2v) is 10.9. The fourth-order valence-electron chi connectivity index (χ4n) is 5.77. The zero-order valence-electron chi connectivity index (χ0n) is 24.4. The molecule has 8 heteroatoms. The largest absolute Gasteiger partial charge is 0.465 e. The first-order valence-electron chi connectivity index (χ1n) is 14.1. The summed E-state index contributed by atoms with van der Waals surface area (Å²) in [5.41, 5.74) is 7.66. The molecule has 0 unspecified atom stereocenters. The Morgan fingerprint density at radius 3 is 2.26 bits per heavy atom. The molecule has 0 saturated carbocycles. The minimum absolute atomic E-state index is 0.167. The maximum Gasteiger partial charge on any atom is 0.337 e. The van der Waals surface area contributed by atoms with Crippen molar-refractivity contribution in [3.8, 4) is 17.2 Å². The van der Waals surface area contributed by atoms with Crippen LogP contribution in [0.15, 0.2) is 103 Å². The lowest BCUT2D eigenvalue weighted by Crippen LogP contribution is -2.29. The molecule has 7 nitrogen and oxygen atoms in total. The van der Waals surface area contributed by atoms with E-state index in [0.29, 0.717) is 10.7 Å². The van der Waals surface area contributed by atoms with E-state index in [1.54, 1.807) is 12.1 Å². The molecule has 1 aliphatic rings. The molecule has 6 rings (SSSR count). The molecule has 3 heterocycles. The molecule has 0 aliphatic carbocycles. The standard InChI is InChI=1S/C35H32N4O3S/c1-22-9-5-6-11-31(22)42-28-18-16-27(17-19-28)39-33(32(37-35(39)43)30-10-7-8-20-36-30)29-21-23(2)38(24(29)3)26-14-12-25(13-15-26)34(40)41-4/h5-21,32-33H,1-4H3,(H,37,43)/t32-,33+/m0/s1. The summed E-state index contributed by atoms with van der Waals surface area (Å²) in [5, 5.41) is 4.18. The maximum absolute atomic E-state index is 12.0. The minimum Gasteiger partial charge on any atom is -0.465 e. The summed E-state index contributed by atoms with van der Waals surface area (Å²) in [6.45, 7) is 6.23. The molecule has 5 aromatic rings. The molecule has 0 amide bonds. The van der Waals surface area contributed by atoms with E-state index in [1.165, 1.54) is 7.11 Å². The van der Waals surface area contributed by atoms with Crippen LogP contribution in [0.4, 0.5) is 5.69 Å². The van der Waals surface area contributed by atoms with Crippen molar-refractivity contribution in [2.24, 2.45) is 0 Å². The Bertz CT molecular complexity index is 1780. The Morgan fingerprint density at radius 1 is 0.884 bits per heavy atom. The van der Waals surface area contributed by atoms with Gasteiger partial charge in [-0.2, -0.15) is 0 Å². The van der Waals surface area contributed by atoms with Gasteiger partial charge in [0.15, 0.2) is 5.11 Å². The van der Waals surface area contributed by atoms with Crippen LogP contribution >= 0.6 is 12.2 Å². The van der Waals surface area contributed by atoms with E-state index < -0.39 is 0 Å². The quantitative estimate of drug-likeness (QED) is 0.155. The average molecular weight is 589 g/mol. The monoisotopic (exact) mass is 588 g/mol. The van der Waals surface area contributed by atoms with Crippen LogP contribution in [0.2, 0.25) is 0 Å². The number of aryl methyl sites for hydroxylation is 2. The number of nitrogens with zero attached hydrogens (tertiary/aromatic N) is 3. The van der Waals surface area contributed by atoms with E-state index in [1.807, 2.05) is 92.0 Å². The predicted octanol–water partition coefficient (Wildman–Crippen LogP) is 7.55. The first kappa shape index (κ1) is 28.2. The van der Waals surface area contributed by atoms with Gasteiger partial charge in [0.2, 0.25) is 0 Å². The fraction of sp³-hybridized carbons (Fsp3) is 0.171. The summed E-state index contributed by atoms with van der Waals surface area (Å²) in [6, 6.07) is 31.3. The van der Waals surface area contributed by atoms with Gasteiger partial charge >= 0.3 is 5.97 Å². The van der Waals surface area contributed by atoms with Gasteiger partial charge in [-0.05, 0) is 117 Å². The third-order valence-electron chi connectivity index (χ3n) is 7.87. The van der Waals surface area contributed by atoms with Crippen molar-refractivity contribution in [3.63, 3.8) is 0 Å². The number of methoxy groups -OCH3 is 1. The first-order chi connectivity index (χ1) is 20.9. The van der Waals surface area contributed by atoms with Gasteiger partial charge in [0, 0.05) is 29.0 Å². The summed E-state index contributed by atoms with van der Waals surface area (Å²) in [5.74, 6) is 1.22. The van der Waals surface area contributed by atoms with Gasteiger partial charge < -0.3 is 24.3 Å². The number of pyridine rings is 1. The number of nitrogens with one attached hydrogen (secondary N) is 1. The van der Waals surface area contributed by atoms with Crippen molar-refractivity contribution in [1.82, 2.24) is 14.9 Å². The summed E-state index contributed by atoms with van der Waals surface area (Å²) < 4.78 is 13.2. The molecule has 2 atom stereocenters. The zero-order valence-corrected chi connectivity index (χ0v) is 25.3. The van der Waals surface area contributed by atoms with Crippen molar-refractivity contribution in [1.29, 1.82) is 0 Å². The first-order valence-corrected chi connectivity index (χ1v) is 14.5. The normalized spacial score (nSPS) is 16.2. The van der Waals surface area contributed by atoms with Gasteiger partial charge in [-0.3, -0.25) is 4.98 Å². The lowest BCUT2D eigenvalue weighted by atomic mass is 9.96. The average Bonchev–Trinajstić information content (AvgIpc) is 3.53. The maximum atomic E-state index is 12.0. The molecular formula is C35H32N4O3S. The van der Waals surface area contributed by atoms with Gasteiger partial charge in [0.1, 0.15) is 11.5 Å². The number of carbonyl (C=O) groups is 1. The molecule has 0 spiro atoms. The number of thiocarbonyl (C=S) groups is 1. The van der Waals surface area contributed by atoms with E-state index >= 15 is 0 Å². The number of carbonyl (C=O) groups excluding carboxylic acids is 1. The van der Waals surface area contributed by atoms with Crippen molar-refractivity contribution in [2.45, 2.75) is 32.9 Å². The van der Waals surface area contributed by atoms with Crippen LogP contribution < -0.4 is 15.0 Å².